The Hall–Kier alpha value is -1.53. The summed E-state index contributed by atoms with van der Waals surface area (Å²) in [6.45, 7) is 8.10. The lowest BCUT2D eigenvalue weighted by Gasteiger charge is -2.23. The topological polar surface area (TPSA) is 53.0 Å². The van der Waals surface area contributed by atoms with Gasteiger partial charge in [-0.1, -0.05) is 32.9 Å². The first kappa shape index (κ1) is 12.9. The fraction of sp³-hybridized carbons (Fsp3) is 0.533. The Morgan fingerprint density at radius 1 is 1.28 bits per heavy atom. The van der Waals surface area contributed by atoms with Crippen molar-refractivity contribution >= 4 is 5.69 Å². The van der Waals surface area contributed by atoms with Crippen LogP contribution in [0.15, 0.2) is 24.3 Å². The molecule has 1 atom stereocenters. The number of hydrogen-bond donors (Lipinski definition) is 1. The fourth-order valence-corrected chi connectivity index (χ4v) is 2.32. The van der Waals surface area contributed by atoms with E-state index in [0.717, 1.165) is 18.7 Å². The minimum Gasteiger partial charge on any atom is -0.368 e. The van der Waals surface area contributed by atoms with Crippen LogP contribution in [-0.2, 0) is 5.41 Å². The van der Waals surface area contributed by atoms with Crippen molar-refractivity contribution in [2.24, 2.45) is 5.73 Å². The Morgan fingerprint density at radius 2 is 1.89 bits per heavy atom. The first-order valence-corrected chi connectivity index (χ1v) is 6.40. The van der Waals surface area contributed by atoms with Gasteiger partial charge in [0.2, 0.25) is 0 Å². The Morgan fingerprint density at radius 3 is 2.33 bits per heavy atom. The molecule has 1 fully saturated rings. The van der Waals surface area contributed by atoms with Crippen LogP contribution in [-0.4, -0.2) is 18.6 Å². The number of rotatable bonds is 1. The molecule has 2 rings (SSSR count). The highest BCUT2D eigenvalue weighted by atomic mass is 15.2. The van der Waals surface area contributed by atoms with Crippen LogP contribution >= 0.6 is 0 Å². The van der Waals surface area contributed by atoms with Crippen molar-refractivity contribution in [2.45, 2.75) is 38.1 Å². The average molecular weight is 243 g/mol. The van der Waals surface area contributed by atoms with Crippen molar-refractivity contribution in [1.82, 2.24) is 0 Å². The van der Waals surface area contributed by atoms with Crippen LogP contribution in [0.4, 0.5) is 5.69 Å². The summed E-state index contributed by atoms with van der Waals surface area (Å²) < 4.78 is 0. The molecular formula is C15H21N3. The maximum Gasteiger partial charge on any atom is 0.123 e. The van der Waals surface area contributed by atoms with Crippen molar-refractivity contribution in [3.8, 4) is 6.07 Å². The number of hydrogen-bond acceptors (Lipinski definition) is 3. The van der Waals surface area contributed by atoms with Gasteiger partial charge in [-0.3, -0.25) is 0 Å². The number of benzene rings is 1. The summed E-state index contributed by atoms with van der Waals surface area (Å²) in [4.78, 5) is 2.19. The molecule has 0 saturated carbocycles. The van der Waals surface area contributed by atoms with E-state index in [9.17, 15) is 0 Å². The summed E-state index contributed by atoms with van der Waals surface area (Å²) >= 11 is 0. The molecule has 1 saturated heterocycles. The van der Waals surface area contributed by atoms with Crippen LogP contribution in [0.2, 0.25) is 0 Å². The van der Waals surface area contributed by atoms with Gasteiger partial charge in [-0.05, 0) is 29.5 Å². The zero-order valence-electron chi connectivity index (χ0n) is 11.4. The van der Waals surface area contributed by atoms with Crippen molar-refractivity contribution < 1.29 is 0 Å². The SMILES string of the molecule is CC(C)(C)c1ccc(N2CCC(N)(C#N)C2)cc1. The van der Waals surface area contributed by atoms with Gasteiger partial charge >= 0.3 is 0 Å². The van der Waals surface area contributed by atoms with Gasteiger partial charge < -0.3 is 10.6 Å². The maximum absolute atomic E-state index is 9.04. The minimum atomic E-state index is -0.678. The lowest BCUT2D eigenvalue weighted by Crippen LogP contribution is -2.41. The van der Waals surface area contributed by atoms with Gasteiger partial charge in [0.1, 0.15) is 5.54 Å². The third kappa shape index (κ3) is 2.49. The number of nitrogens with zero attached hydrogens (tertiary/aromatic N) is 2. The number of nitriles is 1. The van der Waals surface area contributed by atoms with Crippen LogP contribution in [0.1, 0.15) is 32.8 Å². The molecule has 1 aliphatic rings. The van der Waals surface area contributed by atoms with Crippen LogP contribution in [0, 0.1) is 11.3 Å². The maximum atomic E-state index is 9.04. The highest BCUT2D eigenvalue weighted by molar-refractivity contribution is 5.51. The lowest BCUT2D eigenvalue weighted by atomic mass is 9.87. The largest absolute Gasteiger partial charge is 0.368 e. The van der Waals surface area contributed by atoms with E-state index >= 15 is 0 Å². The molecule has 0 radical (unpaired) electrons. The van der Waals surface area contributed by atoms with E-state index in [4.69, 9.17) is 11.0 Å². The Labute approximate surface area is 109 Å². The third-order valence-electron chi connectivity index (χ3n) is 3.62. The van der Waals surface area contributed by atoms with Gasteiger partial charge in [-0.25, -0.2) is 0 Å². The number of anilines is 1. The molecule has 1 heterocycles. The molecule has 18 heavy (non-hydrogen) atoms. The molecule has 3 nitrogen and oxygen atoms in total. The van der Waals surface area contributed by atoms with E-state index in [0.29, 0.717) is 6.54 Å². The molecule has 0 aliphatic carbocycles. The van der Waals surface area contributed by atoms with Crippen molar-refractivity contribution in [3.63, 3.8) is 0 Å². The van der Waals surface area contributed by atoms with Crippen LogP contribution in [0.5, 0.6) is 0 Å². The molecule has 0 bridgehead atoms. The summed E-state index contributed by atoms with van der Waals surface area (Å²) in [6.07, 6.45) is 0.741. The first-order valence-electron chi connectivity index (χ1n) is 6.40. The number of nitrogens with two attached hydrogens (primary N) is 1. The smallest absolute Gasteiger partial charge is 0.123 e. The molecular weight excluding hydrogens is 222 g/mol. The zero-order chi connectivity index (χ0) is 13.4. The molecule has 1 aliphatic heterocycles. The van der Waals surface area contributed by atoms with Gasteiger partial charge in [-0.15, -0.1) is 0 Å². The van der Waals surface area contributed by atoms with Gasteiger partial charge in [0, 0.05) is 18.8 Å². The summed E-state index contributed by atoms with van der Waals surface area (Å²) in [5, 5.41) is 9.04. The summed E-state index contributed by atoms with van der Waals surface area (Å²) in [5.41, 5.74) is 7.96. The minimum absolute atomic E-state index is 0.174. The van der Waals surface area contributed by atoms with E-state index in [1.165, 1.54) is 5.56 Å². The highest BCUT2D eigenvalue weighted by Gasteiger charge is 2.34. The Bertz CT molecular complexity index is 464. The monoisotopic (exact) mass is 243 g/mol. The second-order valence-corrected chi connectivity index (χ2v) is 6.24. The molecule has 1 aromatic carbocycles. The van der Waals surface area contributed by atoms with Crippen molar-refractivity contribution in [2.75, 3.05) is 18.0 Å². The van der Waals surface area contributed by atoms with E-state index in [-0.39, 0.29) is 5.41 Å². The van der Waals surface area contributed by atoms with Crippen molar-refractivity contribution in [1.29, 1.82) is 5.26 Å². The van der Waals surface area contributed by atoms with Crippen molar-refractivity contribution in [3.05, 3.63) is 29.8 Å². The Balaban J connectivity index is 2.15. The molecule has 96 valence electrons. The molecule has 2 N–H and O–H groups in total. The molecule has 0 spiro atoms. The van der Waals surface area contributed by atoms with Gasteiger partial charge in [0.05, 0.1) is 6.07 Å². The standard InChI is InChI=1S/C15H21N3/c1-14(2,3)12-4-6-13(7-5-12)18-9-8-15(17,10-16)11-18/h4-7H,8-9,11,17H2,1-3H3. The van der Waals surface area contributed by atoms with Gasteiger partial charge in [-0.2, -0.15) is 5.26 Å². The normalized spacial score (nSPS) is 24.1. The summed E-state index contributed by atoms with van der Waals surface area (Å²) in [5.74, 6) is 0. The quantitative estimate of drug-likeness (QED) is 0.824. The molecule has 0 amide bonds. The molecule has 3 heteroatoms. The average Bonchev–Trinajstić information content (AvgIpc) is 2.72. The molecule has 1 unspecified atom stereocenters. The summed E-state index contributed by atoms with van der Waals surface area (Å²) in [7, 11) is 0. The van der Waals surface area contributed by atoms with E-state index in [2.05, 4.69) is 56.0 Å². The van der Waals surface area contributed by atoms with Gasteiger partial charge in [0.15, 0.2) is 0 Å². The highest BCUT2D eigenvalue weighted by Crippen LogP contribution is 2.28. The van der Waals surface area contributed by atoms with Gasteiger partial charge in [0.25, 0.3) is 0 Å². The van der Waals surface area contributed by atoms with E-state index < -0.39 is 5.54 Å². The van der Waals surface area contributed by atoms with E-state index in [1.54, 1.807) is 0 Å². The second-order valence-electron chi connectivity index (χ2n) is 6.24. The predicted octanol–water partition coefficient (Wildman–Crippen LogP) is 2.42. The van der Waals surface area contributed by atoms with Crippen LogP contribution in [0.25, 0.3) is 0 Å². The van der Waals surface area contributed by atoms with Crippen LogP contribution in [0.3, 0.4) is 0 Å². The molecule has 0 aromatic heterocycles. The molecule has 1 aromatic rings. The predicted molar refractivity (Wildman–Crippen MR) is 74.5 cm³/mol. The first-order chi connectivity index (χ1) is 8.34. The Kier molecular flexibility index (Phi) is 3.08. The summed E-state index contributed by atoms with van der Waals surface area (Å²) in [6, 6.07) is 10.8. The van der Waals surface area contributed by atoms with Crippen LogP contribution < -0.4 is 10.6 Å². The second kappa shape index (κ2) is 4.29. The lowest BCUT2D eigenvalue weighted by molar-refractivity contribution is 0.590. The third-order valence-corrected chi connectivity index (χ3v) is 3.62. The fourth-order valence-electron chi connectivity index (χ4n) is 2.32. The zero-order valence-corrected chi connectivity index (χ0v) is 11.4. The van der Waals surface area contributed by atoms with E-state index in [1.807, 2.05) is 0 Å².